The minimum atomic E-state index is -3.00. The molecule has 0 saturated carbocycles. The van der Waals surface area contributed by atoms with Crippen LogP contribution in [0.3, 0.4) is 0 Å². The molecule has 1 aromatic carbocycles. The number of methoxy groups -OCH3 is 2. The Kier molecular flexibility index (Phi) is 8.76. The van der Waals surface area contributed by atoms with Crippen LogP contribution in [0.5, 0.6) is 17.2 Å². The zero-order chi connectivity index (χ0) is 26.2. The van der Waals surface area contributed by atoms with Gasteiger partial charge in [-0.3, -0.25) is 0 Å². The van der Waals surface area contributed by atoms with Crippen molar-refractivity contribution in [2.75, 3.05) is 25.3 Å². The molecule has 3 aromatic heterocycles. The van der Waals surface area contributed by atoms with E-state index in [-0.39, 0.29) is 24.5 Å². The molecular formula is C24H28F2N6O4. The fraction of sp³-hybridized carbons (Fsp3) is 0.333. The largest absolute Gasteiger partial charge is 0.493 e. The fourth-order valence-corrected chi connectivity index (χ4v) is 3.47. The molecule has 0 fully saturated rings. The first-order valence-electron chi connectivity index (χ1n) is 11.2. The van der Waals surface area contributed by atoms with Crippen molar-refractivity contribution in [2.45, 2.75) is 40.3 Å². The highest BCUT2D eigenvalue weighted by Gasteiger charge is 2.17. The maximum atomic E-state index is 13.0. The molecule has 12 heteroatoms. The first kappa shape index (κ1) is 26.4. The number of aryl methyl sites for hydroxylation is 1. The number of halogens is 2. The Labute approximate surface area is 206 Å². The van der Waals surface area contributed by atoms with Crippen molar-refractivity contribution in [1.29, 1.82) is 0 Å². The number of nitrogen functional groups attached to an aromatic ring is 1. The molecule has 3 N–H and O–H groups in total. The van der Waals surface area contributed by atoms with Crippen LogP contribution in [0.2, 0.25) is 0 Å². The zero-order valence-corrected chi connectivity index (χ0v) is 20.6. The molecular weight excluding hydrogens is 474 g/mol. The van der Waals surface area contributed by atoms with Crippen LogP contribution >= 0.6 is 0 Å². The number of alkyl halides is 2. The number of rotatable bonds is 9. The summed E-state index contributed by atoms with van der Waals surface area (Å²) in [4.78, 5) is 8.84. The summed E-state index contributed by atoms with van der Waals surface area (Å²) in [7, 11) is 3.07. The van der Waals surface area contributed by atoms with Gasteiger partial charge in [0.15, 0.2) is 28.6 Å². The monoisotopic (exact) mass is 502 g/mol. The summed E-state index contributed by atoms with van der Waals surface area (Å²) in [6.45, 7) is 3.05. The topological polar surface area (TPSA) is 130 Å². The Balaban J connectivity index is 0.00000176. The second-order valence-corrected chi connectivity index (χ2v) is 7.27. The summed E-state index contributed by atoms with van der Waals surface area (Å²) in [5.41, 5.74) is 9.97. The van der Waals surface area contributed by atoms with E-state index in [2.05, 4.69) is 30.3 Å². The first-order chi connectivity index (χ1) is 17.4. The number of anilines is 2. The smallest absolute Gasteiger partial charge is 0.387 e. The van der Waals surface area contributed by atoms with E-state index >= 15 is 0 Å². The maximum Gasteiger partial charge on any atom is 0.387 e. The number of nitrogens with zero attached hydrogens (tertiary/aromatic N) is 4. The van der Waals surface area contributed by atoms with E-state index < -0.39 is 6.61 Å². The summed E-state index contributed by atoms with van der Waals surface area (Å²) < 4.78 is 45.8. The van der Waals surface area contributed by atoms with Crippen LogP contribution in [0.15, 0.2) is 35.0 Å². The third kappa shape index (κ3) is 5.88. The zero-order valence-electron chi connectivity index (χ0n) is 20.6. The van der Waals surface area contributed by atoms with Gasteiger partial charge < -0.3 is 25.3 Å². The minimum absolute atomic E-state index is 0.0850. The summed E-state index contributed by atoms with van der Waals surface area (Å²) in [6, 6.07) is 8.37. The van der Waals surface area contributed by atoms with Gasteiger partial charge in [-0.05, 0) is 47.1 Å². The SMILES string of the molecule is CC.COc1ccc(CNc2nc(Cc3c(C)nc4nonc4c3N)ccc2OC(F)F)cc1OC. The molecule has 0 aliphatic rings. The molecule has 0 aliphatic heterocycles. The summed E-state index contributed by atoms with van der Waals surface area (Å²) in [5, 5.41) is 10.6. The van der Waals surface area contributed by atoms with Crippen LogP contribution in [-0.4, -0.2) is 41.1 Å². The maximum absolute atomic E-state index is 13.0. The molecule has 192 valence electrons. The second-order valence-electron chi connectivity index (χ2n) is 7.27. The van der Waals surface area contributed by atoms with E-state index in [0.717, 1.165) is 5.56 Å². The molecule has 0 amide bonds. The lowest BCUT2D eigenvalue weighted by Gasteiger charge is -2.15. The van der Waals surface area contributed by atoms with Crippen LogP contribution < -0.4 is 25.3 Å². The van der Waals surface area contributed by atoms with Crippen LogP contribution in [0.1, 0.15) is 36.4 Å². The molecule has 0 radical (unpaired) electrons. The number of aromatic nitrogens is 4. The van der Waals surface area contributed by atoms with E-state index in [1.54, 1.807) is 32.2 Å². The molecule has 0 spiro atoms. The predicted molar refractivity (Wildman–Crippen MR) is 131 cm³/mol. The minimum Gasteiger partial charge on any atom is -0.493 e. The number of ether oxygens (including phenoxy) is 3. The van der Waals surface area contributed by atoms with E-state index in [0.29, 0.717) is 45.3 Å². The van der Waals surface area contributed by atoms with Gasteiger partial charge in [0.1, 0.15) is 0 Å². The summed E-state index contributed by atoms with van der Waals surface area (Å²) in [6.07, 6.45) is 0.285. The van der Waals surface area contributed by atoms with Gasteiger partial charge in [0, 0.05) is 29.9 Å². The van der Waals surface area contributed by atoms with Gasteiger partial charge in [-0.25, -0.2) is 14.6 Å². The van der Waals surface area contributed by atoms with Gasteiger partial charge in [0.25, 0.3) is 0 Å². The highest BCUT2D eigenvalue weighted by Crippen LogP contribution is 2.31. The van der Waals surface area contributed by atoms with E-state index in [4.69, 9.17) is 19.8 Å². The fourth-order valence-electron chi connectivity index (χ4n) is 3.47. The van der Waals surface area contributed by atoms with Gasteiger partial charge in [0.05, 0.1) is 19.9 Å². The van der Waals surface area contributed by atoms with Crippen molar-refractivity contribution in [3.05, 3.63) is 52.8 Å². The Morgan fingerprint density at radius 1 is 1.00 bits per heavy atom. The van der Waals surface area contributed by atoms with Crippen molar-refractivity contribution in [3.63, 3.8) is 0 Å². The van der Waals surface area contributed by atoms with Gasteiger partial charge in [-0.15, -0.1) is 0 Å². The first-order valence-corrected chi connectivity index (χ1v) is 11.2. The quantitative estimate of drug-likeness (QED) is 0.330. The van der Waals surface area contributed by atoms with Gasteiger partial charge in [-0.1, -0.05) is 19.9 Å². The Bertz CT molecular complexity index is 1320. The molecule has 0 aliphatic carbocycles. The third-order valence-electron chi connectivity index (χ3n) is 5.16. The number of nitrogens with two attached hydrogens (primary N) is 1. The number of benzene rings is 1. The van der Waals surface area contributed by atoms with Crippen molar-refractivity contribution in [1.82, 2.24) is 20.3 Å². The Morgan fingerprint density at radius 3 is 2.42 bits per heavy atom. The van der Waals surface area contributed by atoms with E-state index in [9.17, 15) is 8.78 Å². The lowest BCUT2D eigenvalue weighted by Crippen LogP contribution is -2.10. The second kappa shape index (κ2) is 12.0. The molecule has 0 saturated heterocycles. The lowest BCUT2D eigenvalue weighted by atomic mass is 10.1. The molecule has 4 aromatic rings. The van der Waals surface area contributed by atoms with Crippen LogP contribution in [-0.2, 0) is 13.0 Å². The van der Waals surface area contributed by atoms with Gasteiger partial charge in [0.2, 0.25) is 5.65 Å². The molecule has 4 rings (SSSR count). The van der Waals surface area contributed by atoms with E-state index in [1.165, 1.54) is 13.2 Å². The van der Waals surface area contributed by atoms with Gasteiger partial charge >= 0.3 is 6.61 Å². The highest BCUT2D eigenvalue weighted by molar-refractivity contribution is 5.85. The summed E-state index contributed by atoms with van der Waals surface area (Å²) in [5.74, 6) is 1.19. The average Bonchev–Trinajstić information content (AvgIpc) is 3.35. The van der Waals surface area contributed by atoms with E-state index in [1.807, 2.05) is 19.9 Å². The molecule has 3 heterocycles. The predicted octanol–water partition coefficient (Wildman–Crippen LogP) is 4.75. The molecule has 0 atom stereocenters. The number of fused-ring (bicyclic) bond motifs is 1. The number of hydrogen-bond acceptors (Lipinski definition) is 10. The van der Waals surface area contributed by atoms with Crippen LogP contribution in [0.25, 0.3) is 11.2 Å². The van der Waals surface area contributed by atoms with Crippen molar-refractivity contribution >= 4 is 22.7 Å². The summed E-state index contributed by atoms with van der Waals surface area (Å²) >= 11 is 0. The molecule has 36 heavy (non-hydrogen) atoms. The van der Waals surface area contributed by atoms with Crippen molar-refractivity contribution in [3.8, 4) is 17.2 Å². The molecule has 10 nitrogen and oxygen atoms in total. The molecule has 0 bridgehead atoms. The van der Waals surface area contributed by atoms with Crippen molar-refractivity contribution < 1.29 is 27.6 Å². The third-order valence-corrected chi connectivity index (χ3v) is 5.16. The van der Waals surface area contributed by atoms with Crippen LogP contribution in [0, 0.1) is 6.92 Å². The Morgan fingerprint density at radius 2 is 1.72 bits per heavy atom. The highest BCUT2D eigenvalue weighted by atomic mass is 19.3. The number of hydrogen-bond donors (Lipinski definition) is 2. The molecule has 0 unspecified atom stereocenters. The normalized spacial score (nSPS) is 10.7. The van der Waals surface area contributed by atoms with Crippen molar-refractivity contribution in [2.24, 2.45) is 0 Å². The standard InChI is InChI=1S/C22H22F2N6O4.C2H6/c1-11-14(18(25)19-21(27-11)30-34-29-19)9-13-5-7-16(33-22(23)24)20(28-13)26-10-12-4-6-15(31-2)17(8-12)32-3;1-2/h4-8,22H,9-10,25H2,1-3H3,(H,26,28);1-2H3. The van der Waals surface area contributed by atoms with Gasteiger partial charge in [-0.2, -0.15) is 8.78 Å². The number of pyridine rings is 2. The van der Waals surface area contributed by atoms with Crippen LogP contribution in [0.4, 0.5) is 20.3 Å². The average molecular weight is 503 g/mol. The Hall–Kier alpha value is -4.22. The number of nitrogens with one attached hydrogen (secondary N) is 1. The lowest BCUT2D eigenvalue weighted by molar-refractivity contribution is -0.0495.